The van der Waals surface area contributed by atoms with Gasteiger partial charge in [0.2, 0.25) is 0 Å². The molecule has 4 atom stereocenters. The Morgan fingerprint density at radius 2 is 1.33 bits per heavy atom. The van der Waals surface area contributed by atoms with Crippen molar-refractivity contribution in [3.63, 3.8) is 0 Å². The summed E-state index contributed by atoms with van der Waals surface area (Å²) in [5.41, 5.74) is -0.573. The second-order valence-electron chi connectivity index (χ2n) is 7.91. The first kappa shape index (κ1) is 23.6. The van der Waals surface area contributed by atoms with Gasteiger partial charge in [-0.15, -0.1) is 0 Å². The standard InChI is InChI=1S/C20H32O10/c1-2-19(22)30-4-15(21)3-23-11-20(12-24-5-16-8-27-16,13-25-6-17-9-28-17)14-26-7-18-10-29-18/h2,15-18,21H,1,3-14H2. The first-order valence-electron chi connectivity index (χ1n) is 10.2. The van der Waals surface area contributed by atoms with Crippen molar-refractivity contribution in [1.82, 2.24) is 0 Å². The number of esters is 1. The number of carbonyl (C=O) groups excluding carboxylic acids is 1. The lowest BCUT2D eigenvalue weighted by Crippen LogP contribution is -2.43. The average molecular weight is 432 g/mol. The van der Waals surface area contributed by atoms with Crippen LogP contribution in [0.15, 0.2) is 12.7 Å². The van der Waals surface area contributed by atoms with Crippen LogP contribution >= 0.6 is 0 Å². The van der Waals surface area contributed by atoms with E-state index in [1.54, 1.807) is 0 Å². The monoisotopic (exact) mass is 432 g/mol. The van der Waals surface area contributed by atoms with Crippen molar-refractivity contribution in [2.45, 2.75) is 24.4 Å². The minimum atomic E-state index is -0.950. The van der Waals surface area contributed by atoms with Crippen molar-refractivity contribution >= 4 is 5.97 Å². The zero-order valence-electron chi connectivity index (χ0n) is 17.2. The molecule has 3 heterocycles. The first-order valence-corrected chi connectivity index (χ1v) is 10.2. The summed E-state index contributed by atoms with van der Waals surface area (Å²) in [7, 11) is 0. The van der Waals surface area contributed by atoms with Gasteiger partial charge in [-0.2, -0.15) is 0 Å². The van der Waals surface area contributed by atoms with Gasteiger partial charge in [-0.3, -0.25) is 0 Å². The Kier molecular flexibility index (Phi) is 9.47. The topological polar surface area (TPSA) is 121 Å². The molecule has 0 bridgehead atoms. The molecule has 0 radical (unpaired) electrons. The highest BCUT2D eigenvalue weighted by Gasteiger charge is 2.36. The van der Waals surface area contributed by atoms with Gasteiger partial charge in [0.05, 0.1) is 78.1 Å². The summed E-state index contributed by atoms with van der Waals surface area (Å²) in [4.78, 5) is 11.1. The fourth-order valence-electron chi connectivity index (χ4n) is 2.66. The van der Waals surface area contributed by atoms with Gasteiger partial charge in [-0.25, -0.2) is 4.79 Å². The Hall–Kier alpha value is -1.11. The summed E-state index contributed by atoms with van der Waals surface area (Å²) in [5.74, 6) is -0.592. The van der Waals surface area contributed by atoms with Gasteiger partial charge in [-0.1, -0.05) is 6.58 Å². The summed E-state index contributed by atoms with van der Waals surface area (Å²) in [6.45, 7) is 8.07. The molecule has 172 valence electrons. The van der Waals surface area contributed by atoms with Crippen molar-refractivity contribution in [1.29, 1.82) is 0 Å². The van der Waals surface area contributed by atoms with Crippen LogP contribution in [0.25, 0.3) is 0 Å². The molecule has 3 rings (SSSR count). The minimum absolute atomic E-state index is 0.00458. The fraction of sp³-hybridized carbons (Fsp3) is 0.850. The summed E-state index contributed by atoms with van der Waals surface area (Å²) in [6, 6.07) is 0. The van der Waals surface area contributed by atoms with Crippen LogP contribution in [0.5, 0.6) is 0 Å². The van der Waals surface area contributed by atoms with E-state index >= 15 is 0 Å². The summed E-state index contributed by atoms with van der Waals surface area (Å²) in [6.07, 6.45) is 0.528. The van der Waals surface area contributed by atoms with Gasteiger partial charge in [0.15, 0.2) is 0 Å². The number of hydrogen-bond donors (Lipinski definition) is 1. The SMILES string of the molecule is C=CC(=O)OCC(O)COCC(COCC1CO1)(COCC1CO1)COCC1CO1. The number of aliphatic hydroxyl groups excluding tert-OH is 1. The van der Waals surface area contributed by atoms with E-state index in [4.69, 9.17) is 37.9 Å². The number of hydrogen-bond acceptors (Lipinski definition) is 10. The molecule has 1 N–H and O–H groups in total. The van der Waals surface area contributed by atoms with E-state index in [0.29, 0.717) is 59.5 Å². The molecule has 3 aliphatic heterocycles. The predicted molar refractivity (Wildman–Crippen MR) is 102 cm³/mol. The van der Waals surface area contributed by atoms with E-state index < -0.39 is 17.5 Å². The number of ether oxygens (including phenoxy) is 8. The quantitative estimate of drug-likeness (QED) is 0.160. The fourth-order valence-corrected chi connectivity index (χ4v) is 2.66. The normalized spacial score (nSPS) is 27.2. The van der Waals surface area contributed by atoms with Gasteiger partial charge in [-0.05, 0) is 0 Å². The van der Waals surface area contributed by atoms with Crippen LogP contribution in [-0.4, -0.2) is 115 Å². The Balaban J connectivity index is 1.47. The van der Waals surface area contributed by atoms with Gasteiger partial charge in [0, 0.05) is 6.08 Å². The van der Waals surface area contributed by atoms with Crippen LogP contribution in [0.3, 0.4) is 0 Å². The highest BCUT2D eigenvalue weighted by molar-refractivity contribution is 5.81. The number of rotatable bonds is 19. The van der Waals surface area contributed by atoms with E-state index in [2.05, 4.69) is 6.58 Å². The molecule has 10 heteroatoms. The second kappa shape index (κ2) is 12.1. The maximum Gasteiger partial charge on any atom is 0.330 e. The third-order valence-electron chi connectivity index (χ3n) is 4.65. The van der Waals surface area contributed by atoms with Crippen LogP contribution in [0.2, 0.25) is 0 Å². The second-order valence-corrected chi connectivity index (χ2v) is 7.91. The lowest BCUT2D eigenvalue weighted by Gasteiger charge is -2.33. The first-order chi connectivity index (χ1) is 14.6. The Bertz CT molecular complexity index is 484. The van der Waals surface area contributed by atoms with Crippen molar-refractivity contribution in [3.05, 3.63) is 12.7 Å². The molecule has 10 nitrogen and oxygen atoms in total. The van der Waals surface area contributed by atoms with Crippen molar-refractivity contribution in [2.75, 3.05) is 79.3 Å². The third-order valence-corrected chi connectivity index (χ3v) is 4.65. The van der Waals surface area contributed by atoms with Gasteiger partial charge in [0.1, 0.15) is 31.0 Å². The van der Waals surface area contributed by atoms with E-state index in [9.17, 15) is 9.90 Å². The molecule has 3 saturated heterocycles. The molecule has 0 amide bonds. The van der Waals surface area contributed by atoms with Crippen LogP contribution in [0.1, 0.15) is 0 Å². The molecule has 4 unspecified atom stereocenters. The molecule has 30 heavy (non-hydrogen) atoms. The van der Waals surface area contributed by atoms with E-state index in [1.807, 2.05) is 0 Å². The minimum Gasteiger partial charge on any atom is -0.460 e. The zero-order valence-corrected chi connectivity index (χ0v) is 17.2. The number of epoxide rings is 3. The Labute approximate surface area is 176 Å². The van der Waals surface area contributed by atoms with Crippen LogP contribution in [-0.2, 0) is 42.7 Å². The van der Waals surface area contributed by atoms with Crippen LogP contribution in [0, 0.1) is 5.41 Å². The molecule has 3 aliphatic rings. The zero-order chi connectivity index (χ0) is 21.2. The predicted octanol–water partition coefficient (Wildman–Crippen LogP) is -0.674. The smallest absolute Gasteiger partial charge is 0.330 e. The molecule has 0 aliphatic carbocycles. The number of carbonyl (C=O) groups is 1. The summed E-state index contributed by atoms with van der Waals surface area (Å²) in [5, 5.41) is 9.98. The Morgan fingerprint density at radius 1 is 0.900 bits per heavy atom. The maximum atomic E-state index is 11.1. The molecule has 0 aromatic rings. The van der Waals surface area contributed by atoms with Gasteiger partial charge >= 0.3 is 5.97 Å². The van der Waals surface area contributed by atoms with Crippen molar-refractivity contribution in [2.24, 2.45) is 5.41 Å². The molecule has 3 fully saturated rings. The molecular weight excluding hydrogens is 400 g/mol. The van der Waals surface area contributed by atoms with Crippen LogP contribution in [0.4, 0.5) is 0 Å². The average Bonchev–Trinajstić information content (AvgIpc) is 3.56. The molecular formula is C20H32O10. The molecule has 0 aromatic carbocycles. The summed E-state index contributed by atoms with van der Waals surface area (Å²) >= 11 is 0. The largest absolute Gasteiger partial charge is 0.460 e. The van der Waals surface area contributed by atoms with Crippen molar-refractivity contribution in [3.8, 4) is 0 Å². The summed E-state index contributed by atoms with van der Waals surface area (Å²) < 4.78 is 43.7. The number of aliphatic hydroxyl groups is 1. The lowest BCUT2D eigenvalue weighted by molar-refractivity contribution is -0.144. The van der Waals surface area contributed by atoms with Gasteiger partial charge in [0.25, 0.3) is 0 Å². The third kappa shape index (κ3) is 9.80. The highest BCUT2D eigenvalue weighted by atomic mass is 16.6. The highest BCUT2D eigenvalue weighted by Crippen LogP contribution is 2.24. The maximum absolute atomic E-state index is 11.1. The molecule has 0 aromatic heterocycles. The Morgan fingerprint density at radius 3 is 1.73 bits per heavy atom. The van der Waals surface area contributed by atoms with Crippen molar-refractivity contribution < 1.29 is 47.8 Å². The lowest BCUT2D eigenvalue weighted by atomic mass is 9.92. The molecule has 0 spiro atoms. The van der Waals surface area contributed by atoms with E-state index in [0.717, 1.165) is 6.08 Å². The van der Waals surface area contributed by atoms with Crippen LogP contribution < -0.4 is 0 Å². The van der Waals surface area contributed by atoms with E-state index in [1.165, 1.54) is 0 Å². The van der Waals surface area contributed by atoms with E-state index in [-0.39, 0.29) is 38.1 Å². The molecule has 0 saturated carbocycles. The van der Waals surface area contributed by atoms with Gasteiger partial charge < -0.3 is 43.0 Å².